The summed E-state index contributed by atoms with van der Waals surface area (Å²) >= 11 is 0. The molecule has 0 spiro atoms. The van der Waals surface area contributed by atoms with Crippen LogP contribution in [0.3, 0.4) is 0 Å². The van der Waals surface area contributed by atoms with Gasteiger partial charge < -0.3 is 15.4 Å². The summed E-state index contributed by atoms with van der Waals surface area (Å²) < 4.78 is 5.89. The summed E-state index contributed by atoms with van der Waals surface area (Å²) in [6, 6.07) is 7.28. The second kappa shape index (κ2) is 8.64. The molecule has 0 unspecified atom stereocenters. The van der Waals surface area contributed by atoms with Gasteiger partial charge in [-0.05, 0) is 43.5 Å². The Kier molecular flexibility index (Phi) is 6.55. The van der Waals surface area contributed by atoms with Crippen LogP contribution in [0.5, 0.6) is 0 Å². The maximum atomic E-state index is 12.2. The first kappa shape index (κ1) is 18.2. The molecular weight excluding hydrogens is 304 g/mol. The first-order valence-electron chi connectivity index (χ1n) is 8.50. The Morgan fingerprint density at radius 1 is 1.33 bits per heavy atom. The van der Waals surface area contributed by atoms with Crippen molar-refractivity contribution in [3.05, 3.63) is 42.5 Å². The van der Waals surface area contributed by atoms with Crippen LogP contribution in [0.4, 0.5) is 5.69 Å². The van der Waals surface area contributed by atoms with Crippen molar-refractivity contribution in [3.63, 3.8) is 0 Å². The predicted octanol–water partition coefficient (Wildman–Crippen LogP) is 2.82. The molecule has 1 aromatic rings. The summed E-state index contributed by atoms with van der Waals surface area (Å²) in [5.74, 6) is -0.301. The minimum Gasteiger partial charge on any atom is -0.373 e. The molecule has 0 saturated heterocycles. The van der Waals surface area contributed by atoms with E-state index in [0.29, 0.717) is 18.8 Å². The zero-order valence-electron chi connectivity index (χ0n) is 14.3. The van der Waals surface area contributed by atoms with E-state index >= 15 is 0 Å². The third-order valence-electron chi connectivity index (χ3n) is 4.32. The number of carbonyl (C=O) groups is 2. The standard InChI is InChI=1S/C19H26N2O3/c1-3-17(22)21-16-9-7-8-15(12-16)13-18(23)20-14-19(24-4-2)10-5-6-11-19/h3,7-9,12H,1,4-6,10-11,13-14H2,2H3,(H,20,23)(H,21,22). The van der Waals surface area contributed by atoms with E-state index in [1.807, 2.05) is 19.1 Å². The number of anilines is 1. The molecule has 1 fully saturated rings. The Morgan fingerprint density at radius 3 is 2.75 bits per heavy atom. The highest BCUT2D eigenvalue weighted by atomic mass is 16.5. The zero-order valence-corrected chi connectivity index (χ0v) is 14.3. The molecule has 2 amide bonds. The van der Waals surface area contributed by atoms with E-state index in [0.717, 1.165) is 31.2 Å². The van der Waals surface area contributed by atoms with Crippen LogP contribution in [0.15, 0.2) is 36.9 Å². The van der Waals surface area contributed by atoms with E-state index < -0.39 is 0 Å². The molecule has 1 aliphatic carbocycles. The largest absolute Gasteiger partial charge is 0.373 e. The van der Waals surface area contributed by atoms with Gasteiger partial charge in [-0.3, -0.25) is 9.59 Å². The van der Waals surface area contributed by atoms with E-state index in [1.165, 1.54) is 6.08 Å². The maximum absolute atomic E-state index is 12.2. The highest BCUT2D eigenvalue weighted by Crippen LogP contribution is 2.32. The number of hydrogen-bond acceptors (Lipinski definition) is 3. The van der Waals surface area contributed by atoms with Crippen LogP contribution in [-0.2, 0) is 20.7 Å². The molecule has 130 valence electrons. The summed E-state index contributed by atoms with van der Waals surface area (Å²) in [6.45, 7) is 6.64. The molecule has 1 saturated carbocycles. The molecule has 0 atom stereocenters. The van der Waals surface area contributed by atoms with Crippen LogP contribution in [0.25, 0.3) is 0 Å². The molecule has 0 aromatic heterocycles. The molecular formula is C19H26N2O3. The van der Waals surface area contributed by atoms with Gasteiger partial charge in [-0.25, -0.2) is 0 Å². The van der Waals surface area contributed by atoms with E-state index in [1.54, 1.807) is 12.1 Å². The van der Waals surface area contributed by atoms with Crippen LogP contribution < -0.4 is 10.6 Å². The lowest BCUT2D eigenvalue weighted by Gasteiger charge is -2.29. The SMILES string of the molecule is C=CC(=O)Nc1cccc(CC(=O)NCC2(OCC)CCCC2)c1. The molecule has 2 N–H and O–H groups in total. The summed E-state index contributed by atoms with van der Waals surface area (Å²) in [5, 5.41) is 5.70. The quantitative estimate of drug-likeness (QED) is 0.720. The first-order valence-corrected chi connectivity index (χ1v) is 8.50. The minimum absolute atomic E-state index is 0.0341. The minimum atomic E-state index is -0.267. The molecule has 0 bridgehead atoms. The normalized spacial score (nSPS) is 15.7. The Balaban J connectivity index is 1.89. The van der Waals surface area contributed by atoms with Crippen molar-refractivity contribution in [1.29, 1.82) is 0 Å². The van der Waals surface area contributed by atoms with Crippen molar-refractivity contribution in [3.8, 4) is 0 Å². The number of carbonyl (C=O) groups excluding carboxylic acids is 2. The van der Waals surface area contributed by atoms with Gasteiger partial charge in [-0.2, -0.15) is 0 Å². The third-order valence-corrected chi connectivity index (χ3v) is 4.32. The third kappa shape index (κ3) is 5.20. The van der Waals surface area contributed by atoms with E-state index in [9.17, 15) is 9.59 Å². The second-order valence-corrected chi connectivity index (χ2v) is 6.17. The monoisotopic (exact) mass is 330 g/mol. The zero-order chi connectivity index (χ0) is 17.4. The lowest BCUT2D eigenvalue weighted by Crippen LogP contribution is -2.43. The Bertz CT molecular complexity index is 592. The number of ether oxygens (including phenoxy) is 1. The highest BCUT2D eigenvalue weighted by molar-refractivity contribution is 5.98. The summed E-state index contributed by atoms with van der Waals surface area (Å²) in [5.41, 5.74) is 1.32. The number of hydrogen-bond donors (Lipinski definition) is 2. The van der Waals surface area contributed by atoms with Gasteiger partial charge in [0.05, 0.1) is 12.0 Å². The maximum Gasteiger partial charge on any atom is 0.247 e. The van der Waals surface area contributed by atoms with Crippen molar-refractivity contribution in [1.82, 2.24) is 5.32 Å². The number of rotatable bonds is 8. The lowest BCUT2D eigenvalue weighted by molar-refractivity contribution is -0.122. The Morgan fingerprint density at radius 2 is 2.08 bits per heavy atom. The van der Waals surface area contributed by atoms with Gasteiger partial charge >= 0.3 is 0 Å². The van der Waals surface area contributed by atoms with Gasteiger partial charge in [0, 0.05) is 18.8 Å². The summed E-state index contributed by atoms with van der Waals surface area (Å²) in [7, 11) is 0. The van der Waals surface area contributed by atoms with Gasteiger partial charge in [-0.1, -0.05) is 31.6 Å². The lowest BCUT2D eigenvalue weighted by atomic mass is 10.0. The van der Waals surface area contributed by atoms with Crippen LogP contribution in [0.1, 0.15) is 38.2 Å². The van der Waals surface area contributed by atoms with Gasteiger partial charge in [0.25, 0.3) is 0 Å². The molecule has 24 heavy (non-hydrogen) atoms. The average Bonchev–Trinajstić information content (AvgIpc) is 3.02. The molecule has 1 aliphatic rings. The first-order chi connectivity index (χ1) is 11.6. The summed E-state index contributed by atoms with van der Waals surface area (Å²) in [4.78, 5) is 23.6. The Labute approximate surface area is 143 Å². The van der Waals surface area contributed by atoms with Gasteiger partial charge in [-0.15, -0.1) is 0 Å². The topological polar surface area (TPSA) is 67.4 Å². The van der Waals surface area contributed by atoms with Crippen molar-refractivity contribution >= 4 is 17.5 Å². The smallest absolute Gasteiger partial charge is 0.247 e. The van der Waals surface area contributed by atoms with Crippen molar-refractivity contribution in [2.75, 3.05) is 18.5 Å². The molecule has 0 heterocycles. The molecule has 5 nitrogen and oxygen atoms in total. The van der Waals surface area contributed by atoms with E-state index in [4.69, 9.17) is 4.74 Å². The van der Waals surface area contributed by atoms with Crippen molar-refractivity contribution in [2.45, 2.75) is 44.6 Å². The number of benzene rings is 1. The van der Waals surface area contributed by atoms with E-state index in [-0.39, 0.29) is 23.8 Å². The highest BCUT2D eigenvalue weighted by Gasteiger charge is 2.34. The number of nitrogens with one attached hydrogen (secondary N) is 2. The molecule has 0 aliphatic heterocycles. The van der Waals surface area contributed by atoms with Gasteiger partial charge in [0.2, 0.25) is 11.8 Å². The number of amides is 2. The predicted molar refractivity (Wildman–Crippen MR) is 94.8 cm³/mol. The van der Waals surface area contributed by atoms with Crippen LogP contribution in [0.2, 0.25) is 0 Å². The van der Waals surface area contributed by atoms with Gasteiger partial charge in [0.15, 0.2) is 0 Å². The van der Waals surface area contributed by atoms with Crippen molar-refractivity contribution < 1.29 is 14.3 Å². The van der Waals surface area contributed by atoms with Crippen LogP contribution in [0, 0.1) is 0 Å². The fraction of sp³-hybridized carbons (Fsp3) is 0.474. The fourth-order valence-corrected chi connectivity index (χ4v) is 3.16. The van der Waals surface area contributed by atoms with Gasteiger partial charge in [0.1, 0.15) is 0 Å². The second-order valence-electron chi connectivity index (χ2n) is 6.17. The summed E-state index contributed by atoms with van der Waals surface area (Å²) in [6.07, 6.45) is 5.81. The molecule has 5 heteroatoms. The molecule has 0 radical (unpaired) electrons. The van der Waals surface area contributed by atoms with Crippen molar-refractivity contribution in [2.24, 2.45) is 0 Å². The molecule has 1 aromatic carbocycles. The molecule has 2 rings (SSSR count). The Hall–Kier alpha value is -2.14. The van der Waals surface area contributed by atoms with E-state index in [2.05, 4.69) is 17.2 Å². The average molecular weight is 330 g/mol. The van der Waals surface area contributed by atoms with Crippen LogP contribution >= 0.6 is 0 Å². The van der Waals surface area contributed by atoms with Crippen LogP contribution in [-0.4, -0.2) is 30.6 Å². The fourth-order valence-electron chi connectivity index (χ4n) is 3.16.